The van der Waals surface area contributed by atoms with Crippen molar-refractivity contribution in [2.75, 3.05) is 32.8 Å². The zero-order valence-electron chi connectivity index (χ0n) is 26.5. The number of carbonyl (C=O) groups is 3. The summed E-state index contributed by atoms with van der Waals surface area (Å²) in [6.45, 7) is 22.4. The molecule has 41 heavy (non-hydrogen) atoms. The number of carbonyl (C=O) groups excluding carboxylic acids is 3. The van der Waals surface area contributed by atoms with Crippen LogP contribution in [0.1, 0.15) is 92.9 Å². The van der Waals surface area contributed by atoms with Crippen LogP contribution in [0.5, 0.6) is 0 Å². The molecule has 3 rings (SSSR count). The first-order valence-corrected chi connectivity index (χ1v) is 15.7. The molecule has 0 aromatic rings. The Morgan fingerprint density at radius 3 is 2.32 bits per heavy atom. The Hall–Kier alpha value is -2.19. The molecule has 0 radical (unpaired) electrons. The van der Waals surface area contributed by atoms with E-state index in [0.29, 0.717) is 39.0 Å². The Labute approximate surface area is 248 Å². The summed E-state index contributed by atoms with van der Waals surface area (Å²) < 4.78 is 6.70. The van der Waals surface area contributed by atoms with Gasteiger partial charge in [-0.25, -0.2) is 0 Å². The molecule has 0 aromatic heterocycles. The van der Waals surface area contributed by atoms with Gasteiger partial charge >= 0.3 is 0 Å². The Morgan fingerprint density at radius 2 is 1.73 bits per heavy atom. The monoisotopic (exact) mass is 573 g/mol. The number of hydrogen-bond acceptors (Lipinski definition) is 5. The Balaban J connectivity index is 2.03. The van der Waals surface area contributed by atoms with E-state index in [9.17, 15) is 19.5 Å². The number of rotatable bonds is 16. The van der Waals surface area contributed by atoms with Crippen LogP contribution in [-0.2, 0) is 19.1 Å². The number of aliphatic hydroxyl groups excluding tert-OH is 1. The van der Waals surface area contributed by atoms with Crippen LogP contribution in [0.4, 0.5) is 0 Å². The third-order valence-electron chi connectivity index (χ3n) is 9.05. The number of unbranched alkanes of at least 4 members (excludes halogenated alkanes) is 3. The minimum atomic E-state index is -1.01. The van der Waals surface area contributed by atoms with Crippen LogP contribution in [0.25, 0.3) is 0 Å². The number of fused-ring (bicyclic) bond motifs is 1. The molecule has 5 atom stereocenters. The molecular weight excluding hydrogens is 518 g/mol. The Bertz CT molecular complexity index is 972. The van der Waals surface area contributed by atoms with E-state index < -0.39 is 29.0 Å². The SMILES string of the molecule is C=CCN(CCC)C(=O)[C@@H]1[C@H]2C(=O)N(CCCCCCO)C(C(=O)N(CC=C)C(C)(C)CC(C)(C)C)C23CC[C@H]1O3. The van der Waals surface area contributed by atoms with Crippen LogP contribution in [0, 0.1) is 17.3 Å². The van der Waals surface area contributed by atoms with Crippen molar-refractivity contribution in [1.82, 2.24) is 14.7 Å². The largest absolute Gasteiger partial charge is 0.396 e. The third kappa shape index (κ3) is 6.74. The van der Waals surface area contributed by atoms with Crippen LogP contribution in [0.3, 0.4) is 0 Å². The van der Waals surface area contributed by atoms with E-state index >= 15 is 0 Å². The van der Waals surface area contributed by atoms with Crippen molar-refractivity contribution in [3.63, 3.8) is 0 Å². The second-order valence-corrected chi connectivity index (χ2v) is 14.1. The molecular formula is C33H55N3O5. The van der Waals surface area contributed by atoms with Crippen molar-refractivity contribution in [2.45, 2.75) is 116 Å². The topological polar surface area (TPSA) is 90.4 Å². The summed E-state index contributed by atoms with van der Waals surface area (Å²) >= 11 is 0. The summed E-state index contributed by atoms with van der Waals surface area (Å²) in [7, 11) is 0. The van der Waals surface area contributed by atoms with Crippen molar-refractivity contribution in [1.29, 1.82) is 0 Å². The Kier molecular flexibility index (Phi) is 10.9. The molecule has 0 aromatic carbocycles. The van der Waals surface area contributed by atoms with Gasteiger partial charge in [-0.3, -0.25) is 14.4 Å². The Morgan fingerprint density at radius 1 is 1.07 bits per heavy atom. The van der Waals surface area contributed by atoms with Crippen LogP contribution < -0.4 is 0 Å². The van der Waals surface area contributed by atoms with E-state index in [1.807, 2.05) is 11.8 Å². The number of ether oxygens (including phenoxy) is 1. The normalized spacial score (nSPS) is 27.2. The summed E-state index contributed by atoms with van der Waals surface area (Å²) in [6, 6.07) is -0.779. The van der Waals surface area contributed by atoms with Crippen LogP contribution in [0.2, 0.25) is 0 Å². The van der Waals surface area contributed by atoms with Gasteiger partial charge in [-0.1, -0.05) is 52.7 Å². The molecule has 1 spiro atoms. The fourth-order valence-corrected chi connectivity index (χ4v) is 7.94. The molecule has 3 aliphatic rings. The average molecular weight is 574 g/mol. The summed E-state index contributed by atoms with van der Waals surface area (Å²) in [5.41, 5.74) is -1.51. The molecule has 2 unspecified atom stereocenters. The lowest BCUT2D eigenvalue weighted by molar-refractivity contribution is -0.153. The highest BCUT2D eigenvalue weighted by Gasteiger charge is 2.75. The fourth-order valence-electron chi connectivity index (χ4n) is 7.94. The van der Waals surface area contributed by atoms with Gasteiger partial charge in [0, 0.05) is 38.3 Å². The molecule has 3 heterocycles. The van der Waals surface area contributed by atoms with Crippen molar-refractivity contribution < 1.29 is 24.2 Å². The first-order chi connectivity index (χ1) is 19.3. The molecule has 3 aliphatic heterocycles. The van der Waals surface area contributed by atoms with Crippen molar-refractivity contribution in [3.8, 4) is 0 Å². The van der Waals surface area contributed by atoms with E-state index in [2.05, 4.69) is 47.8 Å². The molecule has 232 valence electrons. The van der Waals surface area contributed by atoms with Gasteiger partial charge in [0.2, 0.25) is 17.7 Å². The summed E-state index contributed by atoms with van der Waals surface area (Å²) in [5.74, 6) is -1.57. The maximum absolute atomic E-state index is 14.8. The lowest BCUT2D eigenvalue weighted by Crippen LogP contribution is -2.61. The fraction of sp³-hybridized carbons (Fsp3) is 0.788. The highest BCUT2D eigenvalue weighted by atomic mass is 16.5. The number of hydrogen-bond donors (Lipinski definition) is 1. The quantitative estimate of drug-likeness (QED) is 0.216. The van der Waals surface area contributed by atoms with Gasteiger partial charge in [-0.15, -0.1) is 13.2 Å². The number of likely N-dealkylation sites (tertiary alicyclic amines) is 1. The molecule has 2 bridgehead atoms. The predicted octanol–water partition coefficient (Wildman–Crippen LogP) is 4.57. The first kappa shape index (κ1) is 33.3. The van der Waals surface area contributed by atoms with Gasteiger partial charge in [-0.2, -0.15) is 0 Å². The van der Waals surface area contributed by atoms with E-state index in [4.69, 9.17) is 4.74 Å². The molecule has 3 saturated heterocycles. The van der Waals surface area contributed by atoms with Crippen molar-refractivity contribution in [3.05, 3.63) is 25.3 Å². The van der Waals surface area contributed by atoms with Gasteiger partial charge in [0.05, 0.1) is 17.9 Å². The van der Waals surface area contributed by atoms with Crippen LogP contribution in [-0.4, -0.2) is 93.6 Å². The van der Waals surface area contributed by atoms with Crippen molar-refractivity contribution >= 4 is 17.7 Å². The summed E-state index contributed by atoms with van der Waals surface area (Å²) in [6.07, 6.45) is 9.11. The van der Waals surface area contributed by atoms with Gasteiger partial charge in [-0.05, 0) is 57.8 Å². The molecule has 8 nitrogen and oxygen atoms in total. The predicted molar refractivity (Wildman–Crippen MR) is 162 cm³/mol. The lowest BCUT2D eigenvalue weighted by atomic mass is 9.70. The van der Waals surface area contributed by atoms with Gasteiger partial charge < -0.3 is 24.5 Å². The standard InChI is InChI=1S/C33H55N3O5/c1-9-18-34(19-10-2)28(38)25-24-16-17-33(41-24)26(25)29(39)35(21-14-12-13-15-22-37)27(33)30(40)36(20-11-3)32(7,8)23-31(4,5)6/h9,11,24-27,37H,1,3,10,12-23H2,2,4-8H3/t24-,25+,26+,27?,33?/m1/s1. The van der Waals surface area contributed by atoms with Crippen LogP contribution in [0.15, 0.2) is 25.3 Å². The second kappa shape index (κ2) is 13.4. The zero-order chi connectivity index (χ0) is 30.6. The van der Waals surface area contributed by atoms with E-state index in [-0.39, 0.29) is 35.8 Å². The number of aliphatic hydroxyl groups is 1. The lowest BCUT2D eigenvalue weighted by Gasteiger charge is -2.45. The summed E-state index contributed by atoms with van der Waals surface area (Å²) in [5, 5.41) is 9.20. The van der Waals surface area contributed by atoms with E-state index in [1.54, 1.807) is 22.0 Å². The maximum atomic E-state index is 14.8. The van der Waals surface area contributed by atoms with Gasteiger partial charge in [0.1, 0.15) is 11.6 Å². The van der Waals surface area contributed by atoms with Gasteiger partial charge in [0.25, 0.3) is 0 Å². The molecule has 3 fully saturated rings. The highest BCUT2D eigenvalue weighted by molar-refractivity contribution is 5.99. The minimum Gasteiger partial charge on any atom is -0.396 e. The molecule has 0 aliphatic carbocycles. The molecule has 0 saturated carbocycles. The first-order valence-electron chi connectivity index (χ1n) is 15.7. The number of nitrogens with zero attached hydrogens (tertiary/aromatic N) is 3. The third-order valence-corrected chi connectivity index (χ3v) is 9.05. The molecule has 1 N–H and O–H groups in total. The smallest absolute Gasteiger partial charge is 0.249 e. The second-order valence-electron chi connectivity index (χ2n) is 14.1. The van der Waals surface area contributed by atoms with E-state index in [0.717, 1.165) is 38.5 Å². The maximum Gasteiger partial charge on any atom is 0.249 e. The zero-order valence-corrected chi connectivity index (χ0v) is 26.5. The highest BCUT2D eigenvalue weighted by Crippen LogP contribution is 2.59. The van der Waals surface area contributed by atoms with Crippen LogP contribution >= 0.6 is 0 Å². The molecule has 8 heteroatoms. The van der Waals surface area contributed by atoms with E-state index in [1.165, 1.54) is 0 Å². The molecule has 3 amide bonds. The minimum absolute atomic E-state index is 0.0182. The van der Waals surface area contributed by atoms with Gasteiger partial charge in [0.15, 0.2) is 0 Å². The average Bonchev–Trinajstić information content (AvgIpc) is 3.52. The number of amides is 3. The summed E-state index contributed by atoms with van der Waals surface area (Å²) in [4.78, 5) is 48.5. The van der Waals surface area contributed by atoms with Crippen molar-refractivity contribution in [2.24, 2.45) is 17.3 Å².